The van der Waals surface area contributed by atoms with E-state index in [4.69, 9.17) is 21.1 Å². The van der Waals surface area contributed by atoms with E-state index in [0.717, 1.165) is 5.56 Å². The van der Waals surface area contributed by atoms with Gasteiger partial charge >= 0.3 is 0 Å². The van der Waals surface area contributed by atoms with Crippen molar-refractivity contribution in [2.45, 2.75) is 6.92 Å². The third kappa shape index (κ3) is 4.14. The Hall–Kier alpha value is -2.80. The van der Waals surface area contributed by atoms with E-state index in [0.29, 0.717) is 22.7 Å². The second-order valence-electron chi connectivity index (χ2n) is 4.00. The van der Waals surface area contributed by atoms with Crippen LogP contribution in [0.1, 0.15) is 19.5 Å². The summed E-state index contributed by atoms with van der Waals surface area (Å²) >= 11 is 0. The molecular weight excluding hydrogens is 250 g/mol. The molecule has 0 saturated heterocycles. The summed E-state index contributed by atoms with van der Waals surface area (Å²) in [6, 6.07) is 5.32. The lowest BCUT2D eigenvalue weighted by Crippen LogP contribution is -2.08. The van der Waals surface area contributed by atoms with E-state index in [1.807, 2.05) is 6.92 Å². The Balaban J connectivity index is 0.00000400. The first-order valence-corrected chi connectivity index (χ1v) is 6.08. The smallest absolute Gasteiger partial charge is 0.139 e. The lowest BCUT2D eigenvalue weighted by atomic mass is 10.1. The molecule has 1 aromatic rings. The highest BCUT2D eigenvalue weighted by Crippen LogP contribution is 2.26. The molecule has 20 heavy (non-hydrogen) atoms. The minimum absolute atomic E-state index is 0. The molecular formula is C16H19N3O. The van der Waals surface area contributed by atoms with Crippen LogP contribution in [-0.2, 0) is 0 Å². The fourth-order valence-corrected chi connectivity index (χ4v) is 1.54. The molecule has 0 aliphatic rings. The number of ether oxygens (including phenoxy) is 1. The Bertz CT molecular complexity index is 613. The van der Waals surface area contributed by atoms with Gasteiger partial charge in [-0.15, -0.1) is 0 Å². The number of nitrogen functional groups attached to an aromatic ring is 1. The first-order valence-electron chi connectivity index (χ1n) is 6.08. The predicted octanol–water partition coefficient (Wildman–Crippen LogP) is 3.56. The topological polar surface area (TPSA) is 82.9 Å². The highest BCUT2D eigenvalue weighted by molar-refractivity contribution is 5.93. The average molecular weight is 269 g/mol. The molecule has 4 nitrogen and oxygen atoms in total. The van der Waals surface area contributed by atoms with Crippen molar-refractivity contribution >= 4 is 17.5 Å². The summed E-state index contributed by atoms with van der Waals surface area (Å²) in [5.41, 5.74) is 7.86. The average Bonchev–Trinajstić information content (AvgIpc) is 2.44. The Morgan fingerprint density at radius 2 is 2.35 bits per heavy atom. The highest BCUT2D eigenvalue weighted by Gasteiger charge is 2.08. The van der Waals surface area contributed by atoms with Crippen LogP contribution in [-0.4, -0.2) is 12.3 Å². The molecule has 0 aromatic heterocycles. The number of anilines is 1. The zero-order chi connectivity index (χ0) is 15.0. The van der Waals surface area contributed by atoms with Crippen LogP contribution in [0.15, 0.2) is 43.0 Å². The Morgan fingerprint density at radius 3 is 2.95 bits per heavy atom. The molecule has 4 heteroatoms. The molecule has 0 heterocycles. The SMILES string of the molecule is C=CC=Cc1cc(C#N)c(OCC(=N)/C=C\C)cc1N.[HH]. The number of nitriles is 1. The molecule has 0 amide bonds. The number of allylic oxidation sites excluding steroid dienone is 3. The minimum atomic E-state index is 0. The number of hydrogen-bond acceptors (Lipinski definition) is 4. The predicted molar refractivity (Wildman–Crippen MR) is 85.0 cm³/mol. The molecule has 1 aromatic carbocycles. The highest BCUT2D eigenvalue weighted by atomic mass is 16.5. The molecule has 0 radical (unpaired) electrons. The van der Waals surface area contributed by atoms with E-state index < -0.39 is 0 Å². The lowest BCUT2D eigenvalue weighted by molar-refractivity contribution is 0.375. The number of rotatable bonds is 6. The van der Waals surface area contributed by atoms with E-state index in [1.165, 1.54) is 0 Å². The molecule has 0 unspecified atom stereocenters. The van der Waals surface area contributed by atoms with Gasteiger partial charge < -0.3 is 15.9 Å². The van der Waals surface area contributed by atoms with Crippen LogP contribution in [0.3, 0.4) is 0 Å². The third-order valence-corrected chi connectivity index (χ3v) is 2.47. The van der Waals surface area contributed by atoms with Crippen LogP contribution < -0.4 is 10.5 Å². The third-order valence-electron chi connectivity index (χ3n) is 2.47. The minimum Gasteiger partial charge on any atom is -0.486 e. The van der Waals surface area contributed by atoms with Crippen molar-refractivity contribution in [3.63, 3.8) is 0 Å². The first-order chi connectivity index (χ1) is 9.62. The van der Waals surface area contributed by atoms with Crippen molar-refractivity contribution in [3.05, 3.63) is 54.1 Å². The molecule has 0 aliphatic carbocycles. The van der Waals surface area contributed by atoms with Gasteiger partial charge in [-0.1, -0.05) is 30.9 Å². The largest absolute Gasteiger partial charge is 0.486 e. The number of nitrogens with one attached hydrogen (secondary N) is 1. The van der Waals surface area contributed by atoms with Crippen LogP contribution in [0.5, 0.6) is 5.75 Å². The number of benzene rings is 1. The van der Waals surface area contributed by atoms with Crippen molar-refractivity contribution in [2.75, 3.05) is 12.3 Å². The second-order valence-corrected chi connectivity index (χ2v) is 4.00. The summed E-state index contributed by atoms with van der Waals surface area (Å²) in [7, 11) is 0. The van der Waals surface area contributed by atoms with Crippen LogP contribution in [0.4, 0.5) is 5.69 Å². The van der Waals surface area contributed by atoms with Gasteiger partial charge in [0.2, 0.25) is 0 Å². The fourth-order valence-electron chi connectivity index (χ4n) is 1.54. The maximum Gasteiger partial charge on any atom is 0.139 e. The molecule has 104 valence electrons. The summed E-state index contributed by atoms with van der Waals surface area (Å²) in [6.45, 7) is 5.51. The lowest BCUT2D eigenvalue weighted by Gasteiger charge is -2.10. The van der Waals surface area contributed by atoms with Crippen LogP contribution in [0, 0.1) is 16.7 Å². The molecule has 0 bridgehead atoms. The quantitative estimate of drug-likeness (QED) is 0.470. The summed E-state index contributed by atoms with van der Waals surface area (Å²) in [4.78, 5) is 0. The standard InChI is InChI=1S/C16H17N3O.H2/c1-3-5-7-12-8-13(10-17)16(9-15(12)19)20-11-14(18)6-4-2;/h3-9,18H,1,11,19H2,2H3;1H/b6-4-,7-5?,18-14?;. The summed E-state index contributed by atoms with van der Waals surface area (Å²) in [6.07, 6.45) is 8.54. The van der Waals surface area contributed by atoms with E-state index in [-0.39, 0.29) is 8.03 Å². The molecule has 3 N–H and O–H groups in total. The Morgan fingerprint density at radius 1 is 1.60 bits per heavy atom. The normalized spacial score (nSPS) is 10.6. The maximum absolute atomic E-state index is 9.15. The van der Waals surface area contributed by atoms with Crippen LogP contribution in [0.2, 0.25) is 0 Å². The van der Waals surface area contributed by atoms with Crippen molar-refractivity contribution < 1.29 is 6.16 Å². The molecule has 1 rings (SSSR count). The summed E-state index contributed by atoms with van der Waals surface area (Å²) in [5.74, 6) is 0.384. The molecule has 0 atom stereocenters. The maximum atomic E-state index is 9.15. The van der Waals surface area contributed by atoms with E-state index >= 15 is 0 Å². The van der Waals surface area contributed by atoms with Gasteiger partial charge in [0.05, 0.1) is 11.3 Å². The van der Waals surface area contributed by atoms with Gasteiger partial charge in [0.25, 0.3) is 0 Å². The second kappa shape index (κ2) is 7.59. The van der Waals surface area contributed by atoms with Crippen molar-refractivity contribution in [2.24, 2.45) is 0 Å². The first kappa shape index (κ1) is 15.3. The van der Waals surface area contributed by atoms with E-state index in [9.17, 15) is 0 Å². The number of hydrogen-bond donors (Lipinski definition) is 2. The van der Waals surface area contributed by atoms with Gasteiger partial charge in [-0.05, 0) is 24.6 Å². The van der Waals surface area contributed by atoms with Gasteiger partial charge in [0.1, 0.15) is 18.4 Å². The molecule has 0 fully saturated rings. The Labute approximate surface area is 120 Å². The Kier molecular flexibility index (Phi) is 5.79. The van der Waals surface area contributed by atoms with Gasteiger partial charge in [0, 0.05) is 13.2 Å². The van der Waals surface area contributed by atoms with Crippen molar-refractivity contribution in [1.82, 2.24) is 0 Å². The van der Waals surface area contributed by atoms with Gasteiger partial charge in [-0.25, -0.2) is 0 Å². The van der Waals surface area contributed by atoms with Gasteiger partial charge in [-0.3, -0.25) is 0 Å². The van der Waals surface area contributed by atoms with Crippen molar-refractivity contribution in [3.8, 4) is 11.8 Å². The van der Waals surface area contributed by atoms with Crippen LogP contribution >= 0.6 is 0 Å². The van der Waals surface area contributed by atoms with Crippen molar-refractivity contribution in [1.29, 1.82) is 10.7 Å². The van der Waals surface area contributed by atoms with E-state index in [2.05, 4.69) is 12.6 Å². The number of nitrogens with two attached hydrogens (primary N) is 1. The van der Waals surface area contributed by atoms with Gasteiger partial charge in [-0.2, -0.15) is 5.26 Å². The van der Waals surface area contributed by atoms with Crippen LogP contribution in [0.25, 0.3) is 6.08 Å². The molecule has 0 saturated carbocycles. The van der Waals surface area contributed by atoms with E-state index in [1.54, 1.807) is 42.5 Å². The monoisotopic (exact) mass is 269 g/mol. The summed E-state index contributed by atoms with van der Waals surface area (Å²) in [5, 5.41) is 16.7. The van der Waals surface area contributed by atoms with Gasteiger partial charge in [0.15, 0.2) is 0 Å². The molecule has 0 spiro atoms. The fraction of sp³-hybridized carbons (Fsp3) is 0.125. The zero-order valence-electron chi connectivity index (χ0n) is 11.4. The summed E-state index contributed by atoms with van der Waals surface area (Å²) < 4.78 is 5.46. The molecule has 0 aliphatic heterocycles. The number of nitrogens with zero attached hydrogens (tertiary/aromatic N) is 1. The zero-order valence-corrected chi connectivity index (χ0v) is 11.4.